The number of rotatable bonds is 6. The maximum absolute atomic E-state index is 11.2. The lowest BCUT2D eigenvalue weighted by Gasteiger charge is -2.20. The molecular weight excluding hydrogens is 438 g/mol. The Labute approximate surface area is 206 Å². The third-order valence-electron chi connectivity index (χ3n) is 6.79. The van der Waals surface area contributed by atoms with Gasteiger partial charge in [-0.05, 0) is 47.8 Å². The molecule has 0 saturated carbocycles. The molecule has 3 heterocycles. The number of benzene rings is 2. The number of anilines is 3. The zero-order chi connectivity index (χ0) is 24.7. The van der Waals surface area contributed by atoms with E-state index in [4.69, 9.17) is 4.98 Å². The summed E-state index contributed by atoms with van der Waals surface area (Å²) in [5.41, 5.74) is 6.80. The van der Waals surface area contributed by atoms with Gasteiger partial charge in [0.05, 0.1) is 11.3 Å². The van der Waals surface area contributed by atoms with Crippen LogP contribution in [0, 0.1) is 11.3 Å². The number of aromatic nitrogens is 2. The van der Waals surface area contributed by atoms with Crippen molar-refractivity contribution in [3.8, 4) is 17.3 Å². The molecule has 5 rings (SSSR count). The summed E-state index contributed by atoms with van der Waals surface area (Å²) in [5, 5.41) is 23.2. The van der Waals surface area contributed by atoms with Crippen LogP contribution in [0.3, 0.4) is 0 Å². The lowest BCUT2D eigenvalue weighted by Crippen LogP contribution is -2.32. The lowest BCUT2D eigenvalue weighted by atomic mass is 9.84. The fourth-order valence-electron chi connectivity index (χ4n) is 5.01. The molecule has 2 aliphatic rings. The third-order valence-corrected chi connectivity index (χ3v) is 6.79. The monoisotopic (exact) mass is 463 g/mol. The van der Waals surface area contributed by atoms with Crippen LogP contribution in [0.4, 0.5) is 17.3 Å². The number of hydrogen-bond donors (Lipinski definition) is 2. The molecule has 0 amide bonds. The summed E-state index contributed by atoms with van der Waals surface area (Å²) in [5.74, 6) is 0.459. The van der Waals surface area contributed by atoms with Crippen molar-refractivity contribution < 1.29 is 9.82 Å². The quantitative estimate of drug-likeness (QED) is 0.425. The first kappa shape index (κ1) is 23.1. The second-order valence-electron chi connectivity index (χ2n) is 9.70. The minimum Gasteiger partial charge on any atom is -0.437 e. The molecule has 35 heavy (non-hydrogen) atoms. The molecule has 0 aliphatic carbocycles. The highest BCUT2D eigenvalue weighted by Gasteiger charge is 2.37. The van der Waals surface area contributed by atoms with E-state index in [0.29, 0.717) is 36.8 Å². The first-order valence-corrected chi connectivity index (χ1v) is 11.6. The van der Waals surface area contributed by atoms with E-state index in [2.05, 4.69) is 42.4 Å². The molecule has 2 N–H and O–H groups in total. The van der Waals surface area contributed by atoms with Crippen LogP contribution in [0.25, 0.3) is 11.3 Å². The largest absolute Gasteiger partial charge is 0.437 e. The van der Waals surface area contributed by atoms with E-state index in [1.54, 1.807) is 13.0 Å². The molecule has 2 aromatic carbocycles. The van der Waals surface area contributed by atoms with Crippen molar-refractivity contribution in [2.75, 3.05) is 16.7 Å². The minimum atomic E-state index is -0.520. The molecule has 0 fully saturated rings. The predicted octanol–water partition coefficient (Wildman–Crippen LogP) is 3.09. The van der Waals surface area contributed by atoms with Gasteiger partial charge in [0.25, 0.3) is 0 Å². The predicted molar refractivity (Wildman–Crippen MR) is 138 cm³/mol. The van der Waals surface area contributed by atoms with E-state index in [0.717, 1.165) is 34.3 Å². The molecule has 8 nitrogen and oxygen atoms in total. The first-order valence-electron chi connectivity index (χ1n) is 11.6. The zero-order valence-corrected chi connectivity index (χ0v) is 20.0. The molecular formula is C25H25B2N6O2. The van der Waals surface area contributed by atoms with Gasteiger partial charge in [0.2, 0.25) is 5.95 Å². The SMILES string of the molecule is CB(O)N1Cc2cccc(Nc3nccc(-c4cc(C#N)c5c(c4)C(C)(C)CN5[B]C=O)n3)c2C1. The summed E-state index contributed by atoms with van der Waals surface area (Å²) < 4.78 is 0. The summed E-state index contributed by atoms with van der Waals surface area (Å²) in [6.45, 7) is 7.96. The number of nitrogens with one attached hydrogen (secondary N) is 1. The Morgan fingerprint density at radius 1 is 1.29 bits per heavy atom. The molecule has 3 aromatic rings. The molecule has 1 radical (unpaired) electrons. The first-order chi connectivity index (χ1) is 16.8. The third kappa shape index (κ3) is 4.18. The summed E-state index contributed by atoms with van der Waals surface area (Å²) in [6.07, 6.45) is 2.45. The summed E-state index contributed by atoms with van der Waals surface area (Å²) in [4.78, 5) is 24.2. The van der Waals surface area contributed by atoms with E-state index in [1.807, 2.05) is 33.9 Å². The van der Waals surface area contributed by atoms with Crippen molar-refractivity contribution in [3.63, 3.8) is 0 Å². The van der Waals surface area contributed by atoms with Crippen LogP contribution in [0.5, 0.6) is 0 Å². The highest BCUT2D eigenvalue weighted by molar-refractivity contribution is 6.70. The number of hydrogen-bond acceptors (Lipinski definition) is 8. The van der Waals surface area contributed by atoms with Crippen LogP contribution in [-0.2, 0) is 23.3 Å². The van der Waals surface area contributed by atoms with Gasteiger partial charge in [-0.25, -0.2) is 9.97 Å². The van der Waals surface area contributed by atoms with Crippen LogP contribution in [0.1, 0.15) is 36.1 Å². The van der Waals surface area contributed by atoms with Gasteiger partial charge in [-0.2, -0.15) is 5.26 Å². The lowest BCUT2D eigenvalue weighted by molar-refractivity contribution is 0.381. The van der Waals surface area contributed by atoms with Gasteiger partial charge >= 0.3 is 14.5 Å². The van der Waals surface area contributed by atoms with Gasteiger partial charge in [-0.15, -0.1) is 0 Å². The molecule has 2 aliphatic heterocycles. The van der Waals surface area contributed by atoms with E-state index < -0.39 is 7.05 Å². The number of fused-ring (bicyclic) bond motifs is 2. The van der Waals surface area contributed by atoms with Gasteiger partial charge in [-0.3, -0.25) is 0 Å². The summed E-state index contributed by atoms with van der Waals surface area (Å²) in [7, 11) is 0.964. The van der Waals surface area contributed by atoms with Crippen LogP contribution >= 0.6 is 0 Å². The number of nitriles is 1. The Balaban J connectivity index is 1.49. The average molecular weight is 463 g/mol. The van der Waals surface area contributed by atoms with Crippen molar-refractivity contribution in [1.82, 2.24) is 14.8 Å². The molecule has 0 atom stereocenters. The van der Waals surface area contributed by atoms with Crippen LogP contribution in [0.15, 0.2) is 42.6 Å². The number of carbonyl (C=O) groups is 1. The van der Waals surface area contributed by atoms with Crippen molar-refractivity contribution in [3.05, 3.63) is 64.8 Å². The highest BCUT2D eigenvalue weighted by Crippen LogP contribution is 2.44. The second kappa shape index (κ2) is 8.84. The van der Waals surface area contributed by atoms with E-state index >= 15 is 0 Å². The normalized spacial score (nSPS) is 15.8. The molecule has 10 heteroatoms. The Morgan fingerprint density at radius 2 is 2.11 bits per heavy atom. The smallest absolute Gasteiger partial charge is 0.376 e. The number of carbonyl (C=O) groups excluding carboxylic acids is 1. The van der Waals surface area contributed by atoms with Gasteiger partial charge in [0.15, 0.2) is 0 Å². The van der Waals surface area contributed by atoms with E-state index in [1.165, 1.54) is 13.0 Å². The molecule has 0 unspecified atom stereocenters. The fraction of sp³-hybridized carbons (Fsp3) is 0.280. The molecule has 0 spiro atoms. The minimum absolute atomic E-state index is 0.231. The Kier molecular flexibility index (Phi) is 5.83. The van der Waals surface area contributed by atoms with E-state index in [-0.39, 0.29) is 5.41 Å². The van der Waals surface area contributed by atoms with Crippen molar-refractivity contribution in [2.24, 2.45) is 0 Å². The average Bonchev–Trinajstić information content (AvgIpc) is 3.39. The maximum atomic E-state index is 11.2. The Bertz CT molecular complexity index is 1350. The van der Waals surface area contributed by atoms with Crippen molar-refractivity contribution in [2.45, 2.75) is 39.2 Å². The van der Waals surface area contributed by atoms with Crippen LogP contribution in [-0.4, -0.2) is 47.0 Å². The van der Waals surface area contributed by atoms with Gasteiger partial charge in [0.1, 0.15) is 12.3 Å². The zero-order valence-electron chi connectivity index (χ0n) is 20.0. The van der Waals surface area contributed by atoms with Gasteiger partial charge in [-0.1, -0.05) is 26.0 Å². The second-order valence-corrected chi connectivity index (χ2v) is 9.70. The molecule has 0 bridgehead atoms. The van der Waals surface area contributed by atoms with Gasteiger partial charge in [0, 0.05) is 48.2 Å². The molecule has 0 saturated heterocycles. The van der Waals surface area contributed by atoms with Crippen LogP contribution in [0.2, 0.25) is 6.82 Å². The van der Waals surface area contributed by atoms with Gasteiger partial charge < -0.3 is 24.8 Å². The van der Waals surface area contributed by atoms with E-state index in [9.17, 15) is 15.1 Å². The van der Waals surface area contributed by atoms with Crippen molar-refractivity contribution >= 4 is 38.0 Å². The summed E-state index contributed by atoms with van der Waals surface area (Å²) in [6, 6.07) is 14.1. The topological polar surface area (TPSA) is 105 Å². The molecule has 1 aromatic heterocycles. The highest BCUT2D eigenvalue weighted by atomic mass is 16.2. The molecule has 173 valence electrons. The Morgan fingerprint density at radius 3 is 2.86 bits per heavy atom. The summed E-state index contributed by atoms with van der Waals surface area (Å²) >= 11 is 0. The Hall–Kier alpha value is -3.67. The fourth-order valence-corrected chi connectivity index (χ4v) is 5.01. The van der Waals surface area contributed by atoms with Crippen molar-refractivity contribution in [1.29, 1.82) is 5.26 Å². The number of nitrogens with zero attached hydrogens (tertiary/aromatic N) is 5. The maximum Gasteiger partial charge on any atom is 0.376 e. The van der Waals surface area contributed by atoms with Crippen LogP contribution < -0.4 is 10.1 Å². The standard InChI is InChI=1S/C25H25B2N6O2/c1-25(2)14-33(26-15-34)23-18(11-28)9-17(10-20(23)25)21-7-8-29-24(30-21)31-22-6-4-5-16-12-32(27(3)35)13-19(16)22/h4-10,15,35H,12-14H2,1-3H3,(H,29,30,31).